The van der Waals surface area contributed by atoms with Crippen molar-refractivity contribution in [2.45, 2.75) is 13.3 Å². The second-order valence-corrected chi connectivity index (χ2v) is 4.38. The zero-order valence-electron chi connectivity index (χ0n) is 8.88. The van der Waals surface area contributed by atoms with Crippen LogP contribution in [0.25, 0.3) is 11.3 Å². The summed E-state index contributed by atoms with van der Waals surface area (Å²) in [5, 5.41) is 7.94. The van der Waals surface area contributed by atoms with E-state index in [1.807, 2.05) is 12.1 Å². The number of rotatable bonds is 0. The predicted octanol–water partition coefficient (Wildman–Crippen LogP) is 3.27. The standard InChI is InChI=1S/C12H11ClN2O/c1-7-2-3-9(13)11-10(7)12-8(4-5-14-11)6-15-16-12/h2-3,6,14H,4-5H2,1H3. The van der Waals surface area contributed by atoms with Crippen LogP contribution < -0.4 is 5.32 Å². The minimum Gasteiger partial charge on any atom is -0.383 e. The average molecular weight is 235 g/mol. The highest BCUT2D eigenvalue weighted by Crippen LogP contribution is 2.40. The SMILES string of the molecule is Cc1ccc(Cl)c2c1-c1oncc1CCN2. The van der Waals surface area contributed by atoms with E-state index in [1.165, 1.54) is 0 Å². The summed E-state index contributed by atoms with van der Waals surface area (Å²) in [6.07, 6.45) is 2.69. The van der Waals surface area contributed by atoms with Gasteiger partial charge in [0.2, 0.25) is 0 Å². The fourth-order valence-electron chi connectivity index (χ4n) is 2.11. The molecule has 2 heterocycles. The molecule has 4 heteroatoms. The number of nitrogens with one attached hydrogen (secondary N) is 1. The molecule has 0 saturated heterocycles. The van der Waals surface area contributed by atoms with Gasteiger partial charge in [0.1, 0.15) is 0 Å². The Morgan fingerprint density at radius 2 is 2.31 bits per heavy atom. The van der Waals surface area contributed by atoms with Crippen LogP contribution in [-0.4, -0.2) is 11.7 Å². The monoisotopic (exact) mass is 234 g/mol. The third-order valence-corrected chi connectivity index (χ3v) is 3.25. The molecule has 1 aliphatic heterocycles. The molecule has 0 radical (unpaired) electrons. The van der Waals surface area contributed by atoms with Crippen molar-refractivity contribution in [3.8, 4) is 11.3 Å². The molecule has 1 aromatic heterocycles. The van der Waals surface area contributed by atoms with E-state index in [4.69, 9.17) is 16.1 Å². The molecular weight excluding hydrogens is 224 g/mol. The molecule has 0 unspecified atom stereocenters. The Kier molecular flexibility index (Phi) is 2.14. The number of benzene rings is 1. The average Bonchev–Trinajstić information content (AvgIpc) is 2.64. The Hall–Kier alpha value is -1.48. The predicted molar refractivity (Wildman–Crippen MR) is 63.9 cm³/mol. The first-order valence-corrected chi connectivity index (χ1v) is 5.62. The molecular formula is C12H11ClN2O. The zero-order valence-corrected chi connectivity index (χ0v) is 9.64. The third kappa shape index (κ3) is 1.32. The molecule has 3 nitrogen and oxygen atoms in total. The van der Waals surface area contributed by atoms with E-state index >= 15 is 0 Å². The number of aryl methyl sites for hydroxylation is 1. The van der Waals surface area contributed by atoms with Gasteiger partial charge in [0.15, 0.2) is 5.76 Å². The van der Waals surface area contributed by atoms with Gasteiger partial charge in [-0.2, -0.15) is 0 Å². The number of hydrogen-bond donors (Lipinski definition) is 1. The van der Waals surface area contributed by atoms with E-state index in [1.54, 1.807) is 6.20 Å². The van der Waals surface area contributed by atoms with Gasteiger partial charge in [-0.05, 0) is 25.0 Å². The third-order valence-electron chi connectivity index (χ3n) is 2.93. The molecule has 0 spiro atoms. The van der Waals surface area contributed by atoms with Gasteiger partial charge >= 0.3 is 0 Å². The molecule has 2 aromatic rings. The van der Waals surface area contributed by atoms with Crippen LogP contribution in [0.5, 0.6) is 0 Å². The smallest absolute Gasteiger partial charge is 0.172 e. The summed E-state index contributed by atoms with van der Waals surface area (Å²) in [5.41, 5.74) is 4.28. The van der Waals surface area contributed by atoms with Gasteiger partial charge in [-0.1, -0.05) is 22.8 Å². The lowest BCUT2D eigenvalue weighted by atomic mass is 10.0. The Morgan fingerprint density at radius 3 is 3.19 bits per heavy atom. The number of nitrogens with zero attached hydrogens (tertiary/aromatic N) is 1. The summed E-state index contributed by atoms with van der Waals surface area (Å²) in [5.74, 6) is 0.847. The Bertz CT molecular complexity index is 548. The molecule has 0 bridgehead atoms. The summed E-state index contributed by atoms with van der Waals surface area (Å²) in [4.78, 5) is 0. The number of hydrogen-bond acceptors (Lipinski definition) is 3. The van der Waals surface area contributed by atoms with Crippen molar-refractivity contribution in [1.29, 1.82) is 0 Å². The topological polar surface area (TPSA) is 38.1 Å². The summed E-state index contributed by atoms with van der Waals surface area (Å²) in [6, 6.07) is 3.91. The van der Waals surface area contributed by atoms with Crippen LogP contribution >= 0.6 is 11.6 Å². The van der Waals surface area contributed by atoms with E-state index in [0.29, 0.717) is 0 Å². The first-order valence-electron chi connectivity index (χ1n) is 5.24. The normalized spacial score (nSPS) is 13.6. The van der Waals surface area contributed by atoms with Gasteiger partial charge in [0.05, 0.1) is 16.9 Å². The molecule has 0 atom stereocenters. The zero-order chi connectivity index (χ0) is 11.1. The maximum absolute atomic E-state index is 6.20. The van der Waals surface area contributed by atoms with E-state index in [0.717, 1.165) is 46.1 Å². The summed E-state index contributed by atoms with van der Waals surface area (Å²) >= 11 is 6.20. The van der Waals surface area contributed by atoms with E-state index in [-0.39, 0.29) is 0 Å². The van der Waals surface area contributed by atoms with Crippen molar-refractivity contribution in [3.63, 3.8) is 0 Å². The van der Waals surface area contributed by atoms with Crippen LogP contribution in [0.3, 0.4) is 0 Å². The summed E-state index contributed by atoms with van der Waals surface area (Å²) in [7, 11) is 0. The highest BCUT2D eigenvalue weighted by Gasteiger charge is 2.21. The molecule has 0 saturated carbocycles. The maximum Gasteiger partial charge on any atom is 0.172 e. The van der Waals surface area contributed by atoms with E-state index in [2.05, 4.69) is 17.4 Å². The van der Waals surface area contributed by atoms with Crippen molar-refractivity contribution in [1.82, 2.24) is 5.16 Å². The fourth-order valence-corrected chi connectivity index (χ4v) is 2.34. The second kappa shape index (κ2) is 3.52. The molecule has 0 fully saturated rings. The quantitative estimate of drug-likeness (QED) is 0.760. The van der Waals surface area contributed by atoms with Gasteiger partial charge < -0.3 is 9.84 Å². The molecule has 3 rings (SSSR count). The summed E-state index contributed by atoms with van der Waals surface area (Å²) in [6.45, 7) is 2.90. The van der Waals surface area contributed by atoms with Crippen molar-refractivity contribution >= 4 is 17.3 Å². The summed E-state index contributed by atoms with van der Waals surface area (Å²) < 4.78 is 5.35. The lowest BCUT2D eigenvalue weighted by molar-refractivity contribution is 0.432. The molecule has 0 aliphatic carbocycles. The molecule has 82 valence electrons. The van der Waals surface area contributed by atoms with Crippen LogP contribution in [0.15, 0.2) is 22.9 Å². The molecule has 16 heavy (non-hydrogen) atoms. The largest absolute Gasteiger partial charge is 0.383 e. The van der Waals surface area contributed by atoms with Crippen molar-refractivity contribution in [3.05, 3.63) is 34.5 Å². The highest BCUT2D eigenvalue weighted by atomic mass is 35.5. The van der Waals surface area contributed by atoms with Gasteiger partial charge in [-0.15, -0.1) is 0 Å². The van der Waals surface area contributed by atoms with Gasteiger partial charge in [0.25, 0.3) is 0 Å². The van der Waals surface area contributed by atoms with Crippen LogP contribution in [-0.2, 0) is 6.42 Å². The molecule has 1 aliphatic rings. The number of fused-ring (bicyclic) bond motifs is 3. The van der Waals surface area contributed by atoms with Gasteiger partial charge in [-0.25, -0.2) is 0 Å². The van der Waals surface area contributed by atoms with Crippen molar-refractivity contribution in [2.24, 2.45) is 0 Å². The first-order chi connectivity index (χ1) is 7.77. The number of anilines is 1. The minimum absolute atomic E-state index is 0.727. The first kappa shape index (κ1) is 9.73. The maximum atomic E-state index is 6.20. The second-order valence-electron chi connectivity index (χ2n) is 3.97. The highest BCUT2D eigenvalue weighted by molar-refractivity contribution is 6.34. The Morgan fingerprint density at radius 1 is 1.44 bits per heavy atom. The molecule has 0 amide bonds. The van der Waals surface area contributed by atoms with Gasteiger partial charge in [0, 0.05) is 17.7 Å². The Labute approximate surface area is 98.4 Å². The van der Waals surface area contributed by atoms with Crippen LogP contribution in [0.1, 0.15) is 11.1 Å². The molecule has 1 N–H and O–H groups in total. The minimum atomic E-state index is 0.727. The lowest BCUT2D eigenvalue weighted by Crippen LogP contribution is -2.03. The number of aromatic nitrogens is 1. The fraction of sp³-hybridized carbons (Fsp3) is 0.250. The van der Waals surface area contributed by atoms with Crippen LogP contribution in [0.4, 0.5) is 5.69 Å². The van der Waals surface area contributed by atoms with Crippen LogP contribution in [0.2, 0.25) is 5.02 Å². The molecule has 1 aromatic carbocycles. The van der Waals surface area contributed by atoms with Crippen molar-refractivity contribution < 1.29 is 4.52 Å². The van der Waals surface area contributed by atoms with E-state index in [9.17, 15) is 0 Å². The van der Waals surface area contributed by atoms with Gasteiger partial charge in [-0.3, -0.25) is 0 Å². The lowest BCUT2D eigenvalue weighted by Gasteiger charge is -2.11. The Balaban J connectivity index is 2.35. The van der Waals surface area contributed by atoms with Crippen LogP contribution in [0, 0.1) is 6.92 Å². The van der Waals surface area contributed by atoms with E-state index < -0.39 is 0 Å². The van der Waals surface area contributed by atoms with Crippen molar-refractivity contribution in [2.75, 3.05) is 11.9 Å². The number of halogens is 1.